The summed E-state index contributed by atoms with van der Waals surface area (Å²) in [5, 5.41) is 15.3. The van der Waals surface area contributed by atoms with Gasteiger partial charge in [0, 0.05) is 22.8 Å². The lowest BCUT2D eigenvalue weighted by Crippen LogP contribution is -2.33. The van der Waals surface area contributed by atoms with E-state index in [9.17, 15) is 37.7 Å². The predicted octanol–water partition coefficient (Wildman–Crippen LogP) is 5.23. The van der Waals surface area contributed by atoms with Crippen LogP contribution in [0.25, 0.3) is 0 Å². The van der Waals surface area contributed by atoms with Gasteiger partial charge < -0.3 is 15.4 Å². The number of alkyl halides is 3. The second kappa shape index (κ2) is 11.7. The van der Waals surface area contributed by atoms with Crippen LogP contribution in [0, 0.1) is 17.0 Å². The summed E-state index contributed by atoms with van der Waals surface area (Å²) < 4.78 is 44.5. The SMILES string of the molecule is Cc1cc(C(=O)NCC(=O)O[C@H](C(=O)Nc2cc(C(F)(F)F)ccc2Cl)c2ccccc2)ccc1[N+](=O)[O-]. The van der Waals surface area contributed by atoms with E-state index in [0.29, 0.717) is 6.07 Å². The van der Waals surface area contributed by atoms with Crippen molar-refractivity contribution in [3.8, 4) is 0 Å². The molecular weight excluding hydrogens is 531 g/mol. The largest absolute Gasteiger partial charge is 0.446 e. The Labute approximate surface area is 218 Å². The minimum Gasteiger partial charge on any atom is -0.446 e. The van der Waals surface area contributed by atoms with Gasteiger partial charge in [0.1, 0.15) is 6.54 Å². The maximum atomic E-state index is 13.1. The van der Waals surface area contributed by atoms with E-state index >= 15 is 0 Å². The molecule has 0 aliphatic carbocycles. The number of nitro benzene ring substituents is 1. The third kappa shape index (κ3) is 7.07. The molecule has 0 saturated carbocycles. The number of aryl methyl sites for hydroxylation is 1. The highest BCUT2D eigenvalue weighted by atomic mass is 35.5. The molecule has 9 nitrogen and oxygen atoms in total. The molecule has 38 heavy (non-hydrogen) atoms. The molecule has 3 rings (SSSR count). The third-order valence-corrected chi connectivity index (χ3v) is 5.52. The summed E-state index contributed by atoms with van der Waals surface area (Å²) in [6.07, 6.45) is -6.27. The van der Waals surface area contributed by atoms with Gasteiger partial charge in [0.15, 0.2) is 0 Å². The van der Waals surface area contributed by atoms with Crippen molar-refractivity contribution in [3.05, 3.63) is 104 Å². The van der Waals surface area contributed by atoms with Crippen LogP contribution in [0.3, 0.4) is 0 Å². The average molecular weight is 550 g/mol. The number of esters is 1. The molecule has 0 unspecified atom stereocenters. The van der Waals surface area contributed by atoms with Gasteiger partial charge in [0.05, 0.1) is 21.2 Å². The molecule has 0 saturated heterocycles. The molecule has 2 amide bonds. The second-order valence-electron chi connectivity index (χ2n) is 7.90. The number of carbonyl (C=O) groups excluding carboxylic acids is 3. The summed E-state index contributed by atoms with van der Waals surface area (Å²) in [6.45, 7) is 0.776. The molecule has 3 aromatic carbocycles. The molecule has 0 aliphatic rings. The van der Waals surface area contributed by atoms with Crippen LogP contribution in [-0.2, 0) is 20.5 Å². The highest BCUT2D eigenvalue weighted by Crippen LogP contribution is 2.34. The van der Waals surface area contributed by atoms with E-state index in [1.807, 2.05) is 0 Å². The van der Waals surface area contributed by atoms with Crippen LogP contribution >= 0.6 is 11.6 Å². The van der Waals surface area contributed by atoms with Crippen molar-refractivity contribution in [2.75, 3.05) is 11.9 Å². The van der Waals surface area contributed by atoms with Gasteiger partial charge in [0.2, 0.25) is 6.10 Å². The molecule has 0 fully saturated rings. The van der Waals surface area contributed by atoms with E-state index in [1.54, 1.807) is 18.2 Å². The summed E-state index contributed by atoms with van der Waals surface area (Å²) in [5.74, 6) is -2.74. The van der Waals surface area contributed by atoms with E-state index in [-0.39, 0.29) is 33.1 Å². The van der Waals surface area contributed by atoms with Crippen molar-refractivity contribution in [2.24, 2.45) is 0 Å². The zero-order chi connectivity index (χ0) is 28.0. The highest BCUT2D eigenvalue weighted by Gasteiger charge is 2.32. The average Bonchev–Trinajstić information content (AvgIpc) is 2.86. The van der Waals surface area contributed by atoms with Crippen LogP contribution in [0.2, 0.25) is 5.02 Å². The van der Waals surface area contributed by atoms with Crippen molar-refractivity contribution in [3.63, 3.8) is 0 Å². The molecule has 13 heteroatoms. The van der Waals surface area contributed by atoms with Crippen LogP contribution in [0.1, 0.15) is 33.2 Å². The molecule has 0 bridgehead atoms. The maximum Gasteiger partial charge on any atom is 0.416 e. The lowest BCUT2D eigenvalue weighted by molar-refractivity contribution is -0.385. The first-order chi connectivity index (χ1) is 17.9. The fourth-order valence-electron chi connectivity index (χ4n) is 3.33. The number of ether oxygens (including phenoxy) is 1. The molecule has 3 aromatic rings. The van der Waals surface area contributed by atoms with Crippen molar-refractivity contribution < 1.29 is 37.2 Å². The lowest BCUT2D eigenvalue weighted by Gasteiger charge is -2.19. The van der Waals surface area contributed by atoms with Crippen molar-refractivity contribution >= 4 is 40.8 Å². The minimum atomic E-state index is -4.68. The fraction of sp³-hybridized carbons (Fsp3) is 0.160. The molecule has 0 spiro atoms. The van der Waals surface area contributed by atoms with Gasteiger partial charge in [-0.1, -0.05) is 41.9 Å². The number of rotatable bonds is 8. The van der Waals surface area contributed by atoms with Crippen molar-refractivity contribution in [2.45, 2.75) is 19.2 Å². The molecule has 0 heterocycles. The molecule has 1 atom stereocenters. The summed E-state index contributed by atoms with van der Waals surface area (Å²) in [7, 11) is 0. The van der Waals surface area contributed by atoms with Gasteiger partial charge >= 0.3 is 12.1 Å². The van der Waals surface area contributed by atoms with Crippen LogP contribution in [0.5, 0.6) is 0 Å². The predicted molar refractivity (Wildman–Crippen MR) is 131 cm³/mol. The van der Waals surface area contributed by atoms with Crippen molar-refractivity contribution in [1.82, 2.24) is 5.32 Å². The van der Waals surface area contributed by atoms with E-state index in [0.717, 1.165) is 18.2 Å². The van der Waals surface area contributed by atoms with E-state index in [2.05, 4.69) is 10.6 Å². The zero-order valence-electron chi connectivity index (χ0n) is 19.5. The lowest BCUT2D eigenvalue weighted by atomic mass is 10.1. The number of benzene rings is 3. The van der Waals surface area contributed by atoms with Crippen molar-refractivity contribution in [1.29, 1.82) is 0 Å². The van der Waals surface area contributed by atoms with Gasteiger partial charge in [0.25, 0.3) is 17.5 Å². The topological polar surface area (TPSA) is 128 Å². The van der Waals surface area contributed by atoms with E-state index in [1.165, 1.54) is 31.2 Å². The number of halogens is 4. The summed E-state index contributed by atoms with van der Waals surface area (Å²) in [6, 6.07) is 13.7. The minimum absolute atomic E-state index is 0.0532. The number of amides is 2. The van der Waals surface area contributed by atoms with Crippen LogP contribution in [0.4, 0.5) is 24.5 Å². The van der Waals surface area contributed by atoms with Crippen LogP contribution in [-0.4, -0.2) is 29.3 Å². The Bertz CT molecular complexity index is 1380. The first kappa shape index (κ1) is 28.1. The Morgan fingerprint density at radius 1 is 1.05 bits per heavy atom. The third-order valence-electron chi connectivity index (χ3n) is 5.19. The standard InChI is InChI=1S/C25H19ClF3N3O6/c1-14-11-16(7-10-20(14)32(36)37)23(34)30-13-21(33)38-22(15-5-3-2-4-6-15)24(35)31-19-12-17(25(27,28)29)8-9-18(19)26/h2-12,22H,13H2,1H3,(H,30,34)(H,31,35)/t22-/m0/s1. The molecule has 198 valence electrons. The van der Waals surface area contributed by atoms with Gasteiger partial charge in [-0.25, -0.2) is 0 Å². The van der Waals surface area contributed by atoms with Crippen LogP contribution in [0.15, 0.2) is 66.7 Å². The number of carbonyl (C=O) groups is 3. The first-order valence-electron chi connectivity index (χ1n) is 10.8. The number of nitrogens with zero attached hydrogens (tertiary/aromatic N) is 1. The number of nitro groups is 1. The Morgan fingerprint density at radius 3 is 2.34 bits per heavy atom. The monoisotopic (exact) mass is 549 g/mol. The maximum absolute atomic E-state index is 13.1. The number of nitrogens with one attached hydrogen (secondary N) is 2. The summed E-state index contributed by atoms with van der Waals surface area (Å²) in [4.78, 5) is 48.2. The molecule has 0 radical (unpaired) electrons. The molecule has 0 aliphatic heterocycles. The molecular formula is C25H19ClF3N3O6. The normalized spacial score (nSPS) is 11.8. The van der Waals surface area contributed by atoms with E-state index in [4.69, 9.17) is 16.3 Å². The Balaban J connectivity index is 1.73. The zero-order valence-corrected chi connectivity index (χ0v) is 20.3. The molecule has 0 aromatic heterocycles. The smallest absolute Gasteiger partial charge is 0.416 e. The highest BCUT2D eigenvalue weighted by molar-refractivity contribution is 6.33. The Hall–Kier alpha value is -4.45. The van der Waals surface area contributed by atoms with Crippen LogP contribution < -0.4 is 10.6 Å². The van der Waals surface area contributed by atoms with E-state index < -0.39 is 47.1 Å². The number of anilines is 1. The Morgan fingerprint density at radius 2 is 1.74 bits per heavy atom. The first-order valence-corrected chi connectivity index (χ1v) is 11.2. The fourth-order valence-corrected chi connectivity index (χ4v) is 3.49. The van der Waals surface area contributed by atoms with Gasteiger partial charge in [-0.3, -0.25) is 24.5 Å². The Kier molecular flexibility index (Phi) is 8.68. The summed E-state index contributed by atoms with van der Waals surface area (Å²) in [5.41, 5.74) is -1.07. The summed E-state index contributed by atoms with van der Waals surface area (Å²) >= 11 is 5.95. The molecule has 2 N–H and O–H groups in total. The van der Waals surface area contributed by atoms with Gasteiger partial charge in [-0.2, -0.15) is 13.2 Å². The quantitative estimate of drug-likeness (QED) is 0.225. The van der Waals surface area contributed by atoms with Gasteiger partial charge in [-0.05, 0) is 37.3 Å². The van der Waals surface area contributed by atoms with Gasteiger partial charge in [-0.15, -0.1) is 0 Å². The number of hydrogen-bond acceptors (Lipinski definition) is 6. The second-order valence-corrected chi connectivity index (χ2v) is 8.31. The number of hydrogen-bond donors (Lipinski definition) is 2.